The van der Waals surface area contributed by atoms with Gasteiger partial charge in [0.15, 0.2) is 0 Å². The Bertz CT molecular complexity index is 590. The number of quaternary nitrogens is 1. The maximum Gasteiger partial charge on any atom is 0.242 e. The Morgan fingerprint density at radius 3 is 2.77 bits per heavy atom. The molecule has 0 saturated heterocycles. The number of hydrogen-bond donors (Lipinski definition) is 1. The summed E-state index contributed by atoms with van der Waals surface area (Å²) in [4.78, 5) is 0. The fourth-order valence-corrected chi connectivity index (χ4v) is 2.12. The second-order valence-electron chi connectivity index (χ2n) is 6.35. The third-order valence-corrected chi connectivity index (χ3v) is 3.05. The van der Waals surface area contributed by atoms with Gasteiger partial charge in [-0.2, -0.15) is 0 Å². The first-order valence-corrected chi connectivity index (χ1v) is 7.42. The first-order chi connectivity index (χ1) is 10.4. The minimum absolute atomic E-state index is 0.659. The van der Waals surface area contributed by atoms with Crippen molar-refractivity contribution in [2.24, 2.45) is 7.05 Å². The molecule has 0 radical (unpaired) electrons. The van der Waals surface area contributed by atoms with Crippen molar-refractivity contribution in [3.05, 3.63) is 29.8 Å². The van der Waals surface area contributed by atoms with E-state index in [9.17, 15) is 0 Å². The topological polar surface area (TPSA) is 64.9 Å². The fourth-order valence-electron chi connectivity index (χ4n) is 2.12. The van der Waals surface area contributed by atoms with Crippen molar-refractivity contribution in [1.29, 1.82) is 0 Å². The van der Waals surface area contributed by atoms with E-state index in [2.05, 4.69) is 54.1 Å². The number of benzene rings is 1. The molecule has 120 valence electrons. The zero-order valence-electron chi connectivity index (χ0n) is 13.8. The molecule has 0 amide bonds. The van der Waals surface area contributed by atoms with Gasteiger partial charge in [0.2, 0.25) is 5.95 Å². The third kappa shape index (κ3) is 5.33. The molecule has 1 heterocycles. The molecule has 2 rings (SSSR count). The van der Waals surface area contributed by atoms with Gasteiger partial charge in [0.1, 0.15) is 12.3 Å². The molecule has 0 bridgehead atoms. The Hall–Kier alpha value is -2.15. The van der Waals surface area contributed by atoms with Crippen LogP contribution in [0.2, 0.25) is 0 Å². The van der Waals surface area contributed by atoms with Crippen LogP contribution in [0.1, 0.15) is 12.0 Å². The summed E-state index contributed by atoms with van der Waals surface area (Å²) in [6.45, 7) is 2.41. The van der Waals surface area contributed by atoms with Crippen molar-refractivity contribution in [3.63, 3.8) is 0 Å². The Kier molecular flexibility index (Phi) is 5.32. The van der Waals surface area contributed by atoms with Crippen molar-refractivity contribution >= 4 is 5.95 Å². The number of aryl methyl sites for hydroxylation is 1. The van der Waals surface area contributed by atoms with Crippen LogP contribution in [-0.2, 0) is 13.6 Å². The first kappa shape index (κ1) is 16.2. The Morgan fingerprint density at radius 1 is 1.27 bits per heavy atom. The van der Waals surface area contributed by atoms with Gasteiger partial charge in [-0.15, -0.1) is 0 Å². The molecule has 1 aromatic heterocycles. The van der Waals surface area contributed by atoms with Crippen molar-refractivity contribution in [3.8, 4) is 5.75 Å². The lowest BCUT2D eigenvalue weighted by molar-refractivity contribution is -0.884. The van der Waals surface area contributed by atoms with Crippen LogP contribution in [0.15, 0.2) is 24.3 Å². The van der Waals surface area contributed by atoms with Gasteiger partial charge in [0, 0.05) is 19.2 Å². The van der Waals surface area contributed by atoms with E-state index >= 15 is 0 Å². The fraction of sp³-hybridized carbons (Fsp3) is 0.533. The molecule has 0 atom stereocenters. The van der Waals surface area contributed by atoms with E-state index in [1.807, 2.05) is 12.1 Å². The second kappa shape index (κ2) is 7.22. The summed E-state index contributed by atoms with van der Waals surface area (Å²) in [7, 11) is 8.35. The standard InChI is InChI=1S/C15H25N6O/c1-20-15(17-18-19-20)16-9-6-10-22-14-8-5-7-13(11-14)12-21(2,3)4/h5,7-8,11H,6,9-10,12H2,1-4H3,(H,16,17,19)/q+1. The van der Waals surface area contributed by atoms with Crippen molar-refractivity contribution in [2.45, 2.75) is 13.0 Å². The second-order valence-corrected chi connectivity index (χ2v) is 6.35. The molecule has 1 N–H and O–H groups in total. The minimum Gasteiger partial charge on any atom is -0.494 e. The van der Waals surface area contributed by atoms with E-state index in [4.69, 9.17) is 4.74 Å². The Balaban J connectivity index is 1.73. The molecule has 0 saturated carbocycles. The van der Waals surface area contributed by atoms with E-state index in [-0.39, 0.29) is 0 Å². The maximum absolute atomic E-state index is 5.81. The molecule has 7 nitrogen and oxygen atoms in total. The van der Waals surface area contributed by atoms with Crippen LogP contribution in [0, 0.1) is 0 Å². The van der Waals surface area contributed by atoms with E-state index in [0.717, 1.165) is 29.7 Å². The number of aromatic nitrogens is 4. The van der Waals surface area contributed by atoms with Gasteiger partial charge >= 0.3 is 0 Å². The highest BCUT2D eigenvalue weighted by Gasteiger charge is 2.09. The number of hydrogen-bond acceptors (Lipinski definition) is 5. The number of anilines is 1. The van der Waals surface area contributed by atoms with Gasteiger partial charge < -0.3 is 14.5 Å². The number of tetrazole rings is 1. The molecule has 1 aromatic carbocycles. The zero-order chi connectivity index (χ0) is 16.0. The molecule has 0 fully saturated rings. The highest BCUT2D eigenvalue weighted by atomic mass is 16.5. The predicted molar refractivity (Wildman–Crippen MR) is 85.6 cm³/mol. The summed E-state index contributed by atoms with van der Waals surface area (Å²) in [5, 5.41) is 14.4. The SMILES string of the molecule is Cn1nnnc1NCCCOc1cccc(C[N+](C)(C)C)c1. The molecule has 22 heavy (non-hydrogen) atoms. The van der Waals surface area contributed by atoms with E-state index in [0.29, 0.717) is 12.6 Å². The first-order valence-electron chi connectivity index (χ1n) is 7.42. The highest BCUT2D eigenvalue weighted by molar-refractivity contribution is 5.28. The molecule has 7 heteroatoms. The summed E-state index contributed by atoms with van der Waals surface area (Å²) in [5.74, 6) is 1.59. The van der Waals surface area contributed by atoms with Crippen LogP contribution in [0.25, 0.3) is 0 Å². The van der Waals surface area contributed by atoms with E-state index in [1.165, 1.54) is 5.56 Å². The average molecular weight is 305 g/mol. The van der Waals surface area contributed by atoms with Gasteiger partial charge in [-0.1, -0.05) is 17.2 Å². The average Bonchev–Trinajstić information content (AvgIpc) is 2.82. The van der Waals surface area contributed by atoms with Crippen LogP contribution in [0.5, 0.6) is 5.75 Å². The third-order valence-electron chi connectivity index (χ3n) is 3.05. The number of nitrogens with zero attached hydrogens (tertiary/aromatic N) is 5. The van der Waals surface area contributed by atoms with Gasteiger partial charge in [-0.05, 0) is 29.0 Å². The van der Waals surface area contributed by atoms with Gasteiger partial charge in [-0.3, -0.25) is 0 Å². The van der Waals surface area contributed by atoms with E-state index < -0.39 is 0 Å². The molecule has 0 aliphatic heterocycles. The van der Waals surface area contributed by atoms with Crippen LogP contribution in [0.4, 0.5) is 5.95 Å². The smallest absolute Gasteiger partial charge is 0.242 e. The van der Waals surface area contributed by atoms with Gasteiger partial charge in [-0.25, -0.2) is 4.68 Å². The Morgan fingerprint density at radius 2 is 2.09 bits per heavy atom. The normalized spacial score (nSPS) is 11.5. The van der Waals surface area contributed by atoms with Crippen LogP contribution >= 0.6 is 0 Å². The summed E-state index contributed by atoms with van der Waals surface area (Å²) < 4.78 is 8.31. The molecule has 2 aromatic rings. The maximum atomic E-state index is 5.81. The van der Waals surface area contributed by atoms with Gasteiger partial charge in [0.05, 0.1) is 27.7 Å². The van der Waals surface area contributed by atoms with Gasteiger partial charge in [0.25, 0.3) is 0 Å². The van der Waals surface area contributed by atoms with Crippen molar-refractivity contribution < 1.29 is 9.22 Å². The number of ether oxygens (including phenoxy) is 1. The number of nitrogens with one attached hydrogen (secondary N) is 1. The summed E-state index contributed by atoms with van der Waals surface area (Å²) in [6, 6.07) is 8.30. The highest BCUT2D eigenvalue weighted by Crippen LogP contribution is 2.16. The molecule has 0 aliphatic rings. The molecule has 0 spiro atoms. The molecule has 0 unspecified atom stereocenters. The lowest BCUT2D eigenvalue weighted by Crippen LogP contribution is -2.33. The van der Waals surface area contributed by atoms with Crippen LogP contribution in [0.3, 0.4) is 0 Å². The summed E-state index contributed by atoms with van der Waals surface area (Å²) in [5.41, 5.74) is 1.29. The molecular formula is C15H25N6O+. The largest absolute Gasteiger partial charge is 0.494 e. The minimum atomic E-state index is 0.659. The lowest BCUT2D eigenvalue weighted by atomic mass is 10.2. The zero-order valence-corrected chi connectivity index (χ0v) is 13.8. The van der Waals surface area contributed by atoms with E-state index in [1.54, 1.807) is 11.7 Å². The summed E-state index contributed by atoms with van der Waals surface area (Å²) >= 11 is 0. The lowest BCUT2D eigenvalue weighted by Gasteiger charge is -2.24. The monoisotopic (exact) mass is 305 g/mol. The van der Waals surface area contributed by atoms with Crippen LogP contribution < -0.4 is 10.1 Å². The summed E-state index contributed by atoms with van der Waals surface area (Å²) in [6.07, 6.45) is 0.881. The quantitative estimate of drug-likeness (QED) is 0.588. The number of rotatable bonds is 8. The Labute approximate surface area is 131 Å². The molecule has 0 aliphatic carbocycles. The predicted octanol–water partition coefficient (Wildman–Crippen LogP) is 1.30. The van der Waals surface area contributed by atoms with Crippen molar-refractivity contribution in [1.82, 2.24) is 20.2 Å². The van der Waals surface area contributed by atoms with Crippen molar-refractivity contribution in [2.75, 3.05) is 39.6 Å². The molecular weight excluding hydrogens is 280 g/mol. The van der Waals surface area contributed by atoms with Crippen LogP contribution in [-0.4, -0.2) is 59.0 Å².